The lowest BCUT2D eigenvalue weighted by Gasteiger charge is -2.38. The zero-order chi connectivity index (χ0) is 13.9. The number of methoxy groups -OCH3 is 1. The van der Waals surface area contributed by atoms with Gasteiger partial charge in [-0.3, -0.25) is 0 Å². The predicted octanol–water partition coefficient (Wildman–Crippen LogP) is 3.81. The Morgan fingerprint density at radius 1 is 1.15 bits per heavy atom. The largest absolute Gasteiger partial charge is 0.497 e. The van der Waals surface area contributed by atoms with Crippen LogP contribution in [0, 0.1) is 0 Å². The zero-order valence-corrected chi connectivity index (χ0v) is 13.3. The van der Waals surface area contributed by atoms with Gasteiger partial charge in [-0.25, -0.2) is 0 Å². The zero-order valence-electron chi connectivity index (χ0n) is 12.5. The highest BCUT2D eigenvalue weighted by Gasteiger charge is 2.33. The highest BCUT2D eigenvalue weighted by molar-refractivity contribution is 7.99. The second kappa shape index (κ2) is 6.40. The molecule has 0 heterocycles. The average Bonchev–Trinajstić information content (AvgIpc) is 2.90. The normalized spacial score (nSPS) is 32.9. The molecule has 0 spiro atoms. The monoisotopic (exact) mass is 291 g/mol. The fourth-order valence-corrected chi connectivity index (χ4v) is 4.36. The van der Waals surface area contributed by atoms with Crippen LogP contribution in [0.15, 0.2) is 24.3 Å². The standard InChI is InChI=1S/C17H25NOS/c1-19-16-5-3-4-12(10-16)13-8-15(9-13)18-14-6-7-17(11-14)20-2/h3-5,10,13-15,17-18H,6-9,11H2,1-2H3. The minimum absolute atomic E-state index is 0.723. The quantitative estimate of drug-likeness (QED) is 0.891. The molecule has 2 aliphatic carbocycles. The van der Waals surface area contributed by atoms with E-state index < -0.39 is 0 Å². The van der Waals surface area contributed by atoms with Crippen LogP contribution in [-0.4, -0.2) is 30.7 Å². The van der Waals surface area contributed by atoms with E-state index >= 15 is 0 Å². The number of rotatable bonds is 5. The van der Waals surface area contributed by atoms with Crippen LogP contribution in [0.5, 0.6) is 5.75 Å². The van der Waals surface area contributed by atoms with Crippen LogP contribution in [-0.2, 0) is 0 Å². The summed E-state index contributed by atoms with van der Waals surface area (Å²) in [5, 5.41) is 4.75. The van der Waals surface area contributed by atoms with Crippen molar-refractivity contribution in [2.75, 3.05) is 13.4 Å². The van der Waals surface area contributed by atoms with E-state index in [1.54, 1.807) is 7.11 Å². The third-order valence-corrected chi connectivity index (χ3v) is 5.99. The van der Waals surface area contributed by atoms with Crippen LogP contribution in [0.3, 0.4) is 0 Å². The summed E-state index contributed by atoms with van der Waals surface area (Å²) in [6, 6.07) is 10.1. The first-order valence-corrected chi connectivity index (χ1v) is 9.00. The second-order valence-corrected chi connectivity index (χ2v) is 7.31. The average molecular weight is 291 g/mol. The fourth-order valence-electron chi connectivity index (χ4n) is 3.56. The lowest BCUT2D eigenvalue weighted by Crippen LogP contribution is -2.44. The summed E-state index contributed by atoms with van der Waals surface area (Å²) in [7, 11) is 1.74. The van der Waals surface area contributed by atoms with Crippen LogP contribution in [0.25, 0.3) is 0 Å². The Hall–Kier alpha value is -0.670. The number of benzene rings is 1. The molecule has 0 aliphatic heterocycles. The Balaban J connectivity index is 1.46. The summed E-state index contributed by atoms with van der Waals surface area (Å²) in [5.74, 6) is 1.71. The van der Waals surface area contributed by atoms with Crippen molar-refractivity contribution in [2.45, 2.75) is 55.4 Å². The van der Waals surface area contributed by atoms with Crippen LogP contribution < -0.4 is 10.1 Å². The number of nitrogens with one attached hydrogen (secondary N) is 1. The van der Waals surface area contributed by atoms with Gasteiger partial charge in [-0.05, 0) is 62.0 Å². The van der Waals surface area contributed by atoms with Gasteiger partial charge >= 0.3 is 0 Å². The highest BCUT2D eigenvalue weighted by atomic mass is 32.2. The Kier molecular flexibility index (Phi) is 4.57. The molecule has 0 amide bonds. The Morgan fingerprint density at radius 2 is 2.00 bits per heavy atom. The van der Waals surface area contributed by atoms with Gasteiger partial charge in [0.15, 0.2) is 0 Å². The first-order valence-electron chi connectivity index (χ1n) is 7.71. The summed E-state index contributed by atoms with van der Waals surface area (Å²) < 4.78 is 5.31. The molecule has 0 aromatic heterocycles. The molecule has 2 unspecified atom stereocenters. The van der Waals surface area contributed by atoms with Crippen molar-refractivity contribution in [3.05, 3.63) is 29.8 Å². The molecule has 110 valence electrons. The fraction of sp³-hybridized carbons (Fsp3) is 0.647. The molecule has 20 heavy (non-hydrogen) atoms. The van der Waals surface area contributed by atoms with Gasteiger partial charge < -0.3 is 10.1 Å². The third-order valence-electron chi connectivity index (χ3n) is 4.89. The minimum Gasteiger partial charge on any atom is -0.497 e. The number of hydrogen-bond acceptors (Lipinski definition) is 3. The molecular weight excluding hydrogens is 266 g/mol. The van der Waals surface area contributed by atoms with Crippen molar-refractivity contribution in [3.8, 4) is 5.75 Å². The summed E-state index contributed by atoms with van der Waals surface area (Å²) in [5.41, 5.74) is 1.44. The molecule has 2 aliphatic rings. The number of ether oxygens (including phenoxy) is 1. The maximum Gasteiger partial charge on any atom is 0.119 e. The van der Waals surface area contributed by atoms with Crippen LogP contribution in [0.1, 0.15) is 43.6 Å². The van der Waals surface area contributed by atoms with E-state index in [-0.39, 0.29) is 0 Å². The first-order chi connectivity index (χ1) is 9.78. The SMILES string of the molecule is COc1cccc(C2CC(NC3CCC(SC)C3)C2)c1. The van der Waals surface area contributed by atoms with Crippen molar-refractivity contribution < 1.29 is 4.74 Å². The van der Waals surface area contributed by atoms with E-state index in [0.717, 1.165) is 29.0 Å². The van der Waals surface area contributed by atoms with Gasteiger partial charge in [-0.1, -0.05) is 12.1 Å². The molecular formula is C17H25NOS. The Bertz CT molecular complexity index is 444. The summed E-state index contributed by atoms with van der Waals surface area (Å²) in [6.07, 6.45) is 8.94. The van der Waals surface area contributed by atoms with E-state index in [4.69, 9.17) is 4.74 Å². The van der Waals surface area contributed by atoms with Gasteiger partial charge in [0.05, 0.1) is 7.11 Å². The second-order valence-electron chi connectivity index (χ2n) is 6.18. The van der Waals surface area contributed by atoms with Crippen LogP contribution >= 0.6 is 11.8 Å². The van der Waals surface area contributed by atoms with Gasteiger partial charge in [0.25, 0.3) is 0 Å². The maximum absolute atomic E-state index is 5.31. The molecule has 0 saturated heterocycles. The van der Waals surface area contributed by atoms with Gasteiger partial charge in [-0.2, -0.15) is 11.8 Å². The molecule has 0 radical (unpaired) electrons. The molecule has 3 heteroatoms. The smallest absolute Gasteiger partial charge is 0.119 e. The molecule has 2 nitrogen and oxygen atoms in total. The van der Waals surface area contributed by atoms with E-state index in [0.29, 0.717) is 0 Å². The van der Waals surface area contributed by atoms with Crippen LogP contribution in [0.4, 0.5) is 0 Å². The van der Waals surface area contributed by atoms with Crippen molar-refractivity contribution in [3.63, 3.8) is 0 Å². The van der Waals surface area contributed by atoms with Gasteiger partial charge in [0.1, 0.15) is 5.75 Å². The van der Waals surface area contributed by atoms with Crippen molar-refractivity contribution in [2.24, 2.45) is 0 Å². The van der Waals surface area contributed by atoms with E-state index in [2.05, 4.69) is 29.8 Å². The first kappa shape index (κ1) is 14.3. The Morgan fingerprint density at radius 3 is 2.70 bits per heavy atom. The van der Waals surface area contributed by atoms with Crippen molar-refractivity contribution >= 4 is 11.8 Å². The summed E-state index contributed by atoms with van der Waals surface area (Å²) in [6.45, 7) is 0. The third kappa shape index (κ3) is 3.15. The molecule has 1 N–H and O–H groups in total. The minimum atomic E-state index is 0.723. The topological polar surface area (TPSA) is 21.3 Å². The lowest BCUT2D eigenvalue weighted by atomic mass is 9.75. The van der Waals surface area contributed by atoms with Gasteiger partial charge in [0.2, 0.25) is 0 Å². The molecule has 2 saturated carbocycles. The molecule has 2 atom stereocenters. The Labute approximate surface area is 126 Å². The predicted molar refractivity (Wildman–Crippen MR) is 86.8 cm³/mol. The number of hydrogen-bond donors (Lipinski definition) is 1. The maximum atomic E-state index is 5.31. The molecule has 0 bridgehead atoms. The molecule has 1 aromatic carbocycles. The van der Waals surface area contributed by atoms with Crippen molar-refractivity contribution in [1.29, 1.82) is 0 Å². The lowest BCUT2D eigenvalue weighted by molar-refractivity contribution is 0.264. The van der Waals surface area contributed by atoms with E-state index in [1.165, 1.54) is 37.7 Å². The summed E-state index contributed by atoms with van der Waals surface area (Å²) in [4.78, 5) is 0. The summed E-state index contributed by atoms with van der Waals surface area (Å²) >= 11 is 2.04. The van der Waals surface area contributed by atoms with Gasteiger partial charge in [0, 0.05) is 17.3 Å². The molecule has 3 rings (SSSR count). The molecule has 2 fully saturated rings. The van der Waals surface area contributed by atoms with E-state index in [1.807, 2.05) is 17.8 Å². The van der Waals surface area contributed by atoms with Crippen molar-refractivity contribution in [1.82, 2.24) is 5.32 Å². The van der Waals surface area contributed by atoms with E-state index in [9.17, 15) is 0 Å². The van der Waals surface area contributed by atoms with Crippen LogP contribution in [0.2, 0.25) is 0 Å². The number of thioether (sulfide) groups is 1. The van der Waals surface area contributed by atoms with Gasteiger partial charge in [-0.15, -0.1) is 0 Å². The highest BCUT2D eigenvalue weighted by Crippen LogP contribution is 2.39. The molecule has 1 aromatic rings.